The van der Waals surface area contributed by atoms with Crippen molar-refractivity contribution in [2.75, 3.05) is 19.7 Å². The van der Waals surface area contributed by atoms with Crippen LogP contribution in [0.2, 0.25) is 0 Å². The van der Waals surface area contributed by atoms with Gasteiger partial charge in [0.1, 0.15) is 4.70 Å². The van der Waals surface area contributed by atoms with Gasteiger partial charge >= 0.3 is 0 Å². The Hall–Kier alpha value is -1.24. The summed E-state index contributed by atoms with van der Waals surface area (Å²) in [6.07, 6.45) is 7.93. The molecule has 2 aromatic heterocycles. The van der Waals surface area contributed by atoms with Gasteiger partial charge in [0, 0.05) is 25.7 Å². The Morgan fingerprint density at radius 2 is 2.14 bits per heavy atom. The molecule has 1 fully saturated rings. The fourth-order valence-electron chi connectivity index (χ4n) is 3.33. The van der Waals surface area contributed by atoms with E-state index in [1.165, 1.54) is 43.4 Å². The highest BCUT2D eigenvalue weighted by molar-refractivity contribution is 7.17. The molecule has 2 aromatic rings. The lowest BCUT2D eigenvalue weighted by molar-refractivity contribution is 0.119. The van der Waals surface area contributed by atoms with Gasteiger partial charge in [-0.1, -0.05) is 19.3 Å². The van der Waals surface area contributed by atoms with Crippen LogP contribution in [0.3, 0.4) is 0 Å². The van der Waals surface area contributed by atoms with E-state index in [4.69, 9.17) is 0 Å². The van der Waals surface area contributed by atoms with Crippen LogP contribution < -0.4 is 5.56 Å². The van der Waals surface area contributed by atoms with Crippen molar-refractivity contribution in [1.29, 1.82) is 0 Å². The molecule has 1 aliphatic carbocycles. The van der Waals surface area contributed by atoms with E-state index in [0.29, 0.717) is 19.1 Å². The number of aliphatic hydroxyl groups excluding tert-OH is 1. The molecule has 1 N–H and O–H groups in total. The minimum atomic E-state index is 0.0487. The third-order valence-electron chi connectivity index (χ3n) is 4.54. The molecular formula is C16H23N3O2S. The summed E-state index contributed by atoms with van der Waals surface area (Å²) in [5, 5.41) is 11.2. The van der Waals surface area contributed by atoms with E-state index in [1.54, 1.807) is 10.9 Å². The van der Waals surface area contributed by atoms with Crippen molar-refractivity contribution < 1.29 is 5.11 Å². The molecule has 0 amide bonds. The number of aliphatic hydroxyl groups is 1. The molecule has 0 aliphatic heterocycles. The van der Waals surface area contributed by atoms with Crippen LogP contribution in [0.4, 0.5) is 0 Å². The van der Waals surface area contributed by atoms with Crippen LogP contribution in [0.5, 0.6) is 0 Å². The largest absolute Gasteiger partial charge is 0.395 e. The van der Waals surface area contributed by atoms with Crippen molar-refractivity contribution in [3.05, 3.63) is 28.1 Å². The first-order valence-electron chi connectivity index (χ1n) is 8.07. The first kappa shape index (κ1) is 15.6. The van der Waals surface area contributed by atoms with E-state index in [2.05, 4.69) is 9.88 Å². The van der Waals surface area contributed by atoms with Crippen LogP contribution in [0, 0.1) is 0 Å². The molecule has 0 saturated heterocycles. The van der Waals surface area contributed by atoms with Gasteiger partial charge in [0.05, 0.1) is 18.5 Å². The van der Waals surface area contributed by atoms with Gasteiger partial charge in [0.15, 0.2) is 0 Å². The van der Waals surface area contributed by atoms with E-state index in [-0.39, 0.29) is 12.2 Å². The molecule has 0 spiro atoms. The molecule has 2 heterocycles. The molecule has 3 rings (SSSR count). The van der Waals surface area contributed by atoms with Crippen molar-refractivity contribution in [2.45, 2.75) is 44.7 Å². The first-order valence-corrected chi connectivity index (χ1v) is 8.95. The number of fused-ring (bicyclic) bond motifs is 1. The lowest BCUT2D eigenvalue weighted by atomic mass is 9.94. The summed E-state index contributed by atoms with van der Waals surface area (Å²) in [6, 6.07) is 2.43. The van der Waals surface area contributed by atoms with Gasteiger partial charge in [0.25, 0.3) is 5.56 Å². The predicted octanol–water partition coefficient (Wildman–Crippen LogP) is 2.08. The number of nitrogens with zero attached hydrogens (tertiary/aromatic N) is 3. The smallest absolute Gasteiger partial charge is 0.271 e. The highest BCUT2D eigenvalue weighted by Gasteiger charge is 2.20. The molecule has 5 nitrogen and oxygen atoms in total. The zero-order valence-electron chi connectivity index (χ0n) is 12.8. The van der Waals surface area contributed by atoms with E-state index in [0.717, 1.165) is 16.8 Å². The van der Waals surface area contributed by atoms with E-state index in [1.807, 2.05) is 11.4 Å². The quantitative estimate of drug-likeness (QED) is 0.885. The Morgan fingerprint density at radius 1 is 1.32 bits per heavy atom. The fraction of sp³-hybridized carbons (Fsp3) is 0.625. The number of hydrogen-bond acceptors (Lipinski definition) is 5. The Labute approximate surface area is 134 Å². The average Bonchev–Trinajstić information content (AvgIpc) is 3.03. The molecule has 0 bridgehead atoms. The fourth-order valence-corrected chi connectivity index (χ4v) is 4.12. The predicted molar refractivity (Wildman–Crippen MR) is 89.4 cm³/mol. The zero-order chi connectivity index (χ0) is 15.4. The van der Waals surface area contributed by atoms with Gasteiger partial charge in [0.2, 0.25) is 0 Å². The summed E-state index contributed by atoms with van der Waals surface area (Å²) >= 11 is 1.45. The maximum Gasteiger partial charge on any atom is 0.271 e. The summed E-state index contributed by atoms with van der Waals surface area (Å²) in [5.74, 6) is 0. The summed E-state index contributed by atoms with van der Waals surface area (Å²) < 4.78 is 2.43. The Morgan fingerprint density at radius 3 is 2.91 bits per heavy atom. The lowest BCUT2D eigenvalue weighted by Gasteiger charge is -2.34. The maximum atomic E-state index is 12.4. The molecule has 0 unspecified atom stereocenters. The Bertz CT molecular complexity index is 661. The van der Waals surface area contributed by atoms with Crippen LogP contribution >= 0.6 is 11.3 Å². The van der Waals surface area contributed by atoms with Crippen LogP contribution in [0.25, 0.3) is 10.2 Å². The molecule has 120 valence electrons. The van der Waals surface area contributed by atoms with Gasteiger partial charge in [-0.3, -0.25) is 14.3 Å². The van der Waals surface area contributed by atoms with Crippen LogP contribution in [-0.2, 0) is 6.54 Å². The SMILES string of the molecule is O=c1c2sccc2ncn1CCN(CCO)C1CCCCC1. The van der Waals surface area contributed by atoms with E-state index >= 15 is 0 Å². The topological polar surface area (TPSA) is 58.4 Å². The molecule has 0 radical (unpaired) electrons. The summed E-state index contributed by atoms with van der Waals surface area (Å²) in [5.41, 5.74) is 0.832. The second-order valence-corrected chi connectivity index (χ2v) is 6.85. The zero-order valence-corrected chi connectivity index (χ0v) is 13.6. The molecule has 1 saturated carbocycles. The minimum Gasteiger partial charge on any atom is -0.395 e. The summed E-state index contributed by atoms with van der Waals surface area (Å²) in [7, 11) is 0. The van der Waals surface area contributed by atoms with Crippen molar-refractivity contribution in [3.63, 3.8) is 0 Å². The van der Waals surface area contributed by atoms with Crippen LogP contribution in [0.15, 0.2) is 22.6 Å². The molecule has 6 heteroatoms. The molecule has 1 aliphatic rings. The Kier molecular flexibility index (Phi) is 5.23. The van der Waals surface area contributed by atoms with Crippen molar-refractivity contribution in [1.82, 2.24) is 14.5 Å². The van der Waals surface area contributed by atoms with Crippen molar-refractivity contribution >= 4 is 21.6 Å². The molecular weight excluding hydrogens is 298 g/mol. The van der Waals surface area contributed by atoms with Crippen LogP contribution in [0.1, 0.15) is 32.1 Å². The average molecular weight is 321 g/mol. The van der Waals surface area contributed by atoms with Gasteiger partial charge < -0.3 is 5.11 Å². The standard InChI is InChI=1S/C16H23N3O2S/c20-10-9-18(13-4-2-1-3-5-13)7-8-19-12-17-14-6-11-22-15(14)16(19)21/h6,11-13,20H,1-5,7-10H2. The van der Waals surface area contributed by atoms with Crippen LogP contribution in [-0.4, -0.2) is 45.3 Å². The normalized spacial score (nSPS) is 16.6. The second kappa shape index (κ2) is 7.35. The van der Waals surface area contributed by atoms with Gasteiger partial charge in [-0.2, -0.15) is 0 Å². The minimum absolute atomic E-state index is 0.0487. The highest BCUT2D eigenvalue weighted by atomic mass is 32.1. The third kappa shape index (κ3) is 3.39. The highest BCUT2D eigenvalue weighted by Crippen LogP contribution is 2.22. The van der Waals surface area contributed by atoms with E-state index in [9.17, 15) is 9.90 Å². The second-order valence-electron chi connectivity index (χ2n) is 5.93. The van der Waals surface area contributed by atoms with Gasteiger partial charge in [-0.05, 0) is 24.3 Å². The number of rotatable bonds is 6. The van der Waals surface area contributed by atoms with Gasteiger partial charge in [-0.15, -0.1) is 11.3 Å². The first-order chi connectivity index (χ1) is 10.8. The monoisotopic (exact) mass is 321 g/mol. The Balaban J connectivity index is 1.70. The third-order valence-corrected chi connectivity index (χ3v) is 5.43. The van der Waals surface area contributed by atoms with E-state index < -0.39 is 0 Å². The molecule has 22 heavy (non-hydrogen) atoms. The molecule has 0 aromatic carbocycles. The summed E-state index contributed by atoms with van der Waals surface area (Å²) in [6.45, 7) is 2.29. The molecule has 0 atom stereocenters. The summed E-state index contributed by atoms with van der Waals surface area (Å²) in [4.78, 5) is 19.1. The number of aromatic nitrogens is 2. The maximum absolute atomic E-state index is 12.4. The van der Waals surface area contributed by atoms with Crippen molar-refractivity contribution in [2.24, 2.45) is 0 Å². The number of hydrogen-bond donors (Lipinski definition) is 1. The van der Waals surface area contributed by atoms with Gasteiger partial charge in [-0.25, -0.2) is 4.98 Å². The lowest BCUT2D eigenvalue weighted by Crippen LogP contribution is -2.41. The van der Waals surface area contributed by atoms with Crippen molar-refractivity contribution in [3.8, 4) is 0 Å². The number of thiophene rings is 1.